The van der Waals surface area contributed by atoms with Gasteiger partial charge >= 0.3 is 5.97 Å². The summed E-state index contributed by atoms with van der Waals surface area (Å²) in [6.07, 6.45) is 6.35. The summed E-state index contributed by atoms with van der Waals surface area (Å²) in [5.74, 6) is 0.195. The molecule has 1 aromatic heterocycles. The summed E-state index contributed by atoms with van der Waals surface area (Å²) in [7, 11) is 1.67. The number of thiazole rings is 1. The van der Waals surface area contributed by atoms with Crippen molar-refractivity contribution in [2.45, 2.75) is 51.0 Å². The summed E-state index contributed by atoms with van der Waals surface area (Å²) in [6, 6.07) is 24.2. The molecule has 0 spiro atoms. The molecule has 0 bridgehead atoms. The van der Waals surface area contributed by atoms with Crippen LogP contribution in [-0.2, 0) is 11.3 Å². The summed E-state index contributed by atoms with van der Waals surface area (Å²) in [4.78, 5) is 30.4. The second-order valence-corrected chi connectivity index (χ2v) is 11.2. The Morgan fingerprint density at radius 2 is 1.73 bits per heavy atom. The highest BCUT2D eigenvalue weighted by atomic mass is 32.1. The molecule has 1 amide bonds. The number of carboxylic acids is 1. The molecule has 2 N–H and O–H groups in total. The zero-order chi connectivity index (χ0) is 28.6. The van der Waals surface area contributed by atoms with E-state index in [2.05, 4.69) is 39.9 Å². The molecular weight excluding hydrogens is 534 g/mol. The van der Waals surface area contributed by atoms with E-state index in [1.807, 2.05) is 36.4 Å². The predicted octanol–water partition coefficient (Wildman–Crippen LogP) is 7.41. The minimum absolute atomic E-state index is 0.0964. The second-order valence-electron chi connectivity index (χ2n) is 10.3. The van der Waals surface area contributed by atoms with Gasteiger partial charge in [0.15, 0.2) is 5.13 Å². The Morgan fingerprint density at radius 1 is 1.00 bits per heavy atom. The van der Waals surface area contributed by atoms with Crippen LogP contribution < -0.4 is 15.0 Å². The SMILES string of the molecule is COc1ccccc1-c1csc(N(Cc2ccc(C(=O)NCCC(=O)O)cc2)c2ccc(C3CCCCC3)cc2)n1. The topological polar surface area (TPSA) is 91.8 Å². The van der Waals surface area contributed by atoms with Gasteiger partial charge in [-0.05, 0) is 66.3 Å². The number of carbonyl (C=O) groups excluding carboxylic acids is 1. The number of amides is 1. The number of hydrogen-bond acceptors (Lipinski definition) is 6. The minimum Gasteiger partial charge on any atom is -0.496 e. The molecule has 1 heterocycles. The largest absolute Gasteiger partial charge is 0.496 e. The number of benzene rings is 3. The molecule has 1 fully saturated rings. The highest BCUT2D eigenvalue weighted by molar-refractivity contribution is 7.14. The molecule has 0 unspecified atom stereocenters. The lowest BCUT2D eigenvalue weighted by Crippen LogP contribution is -2.26. The Balaban J connectivity index is 1.40. The van der Waals surface area contributed by atoms with Crippen LogP contribution in [0.3, 0.4) is 0 Å². The van der Waals surface area contributed by atoms with Gasteiger partial charge in [-0.3, -0.25) is 9.59 Å². The molecule has 5 rings (SSSR count). The van der Waals surface area contributed by atoms with Crippen molar-refractivity contribution in [1.82, 2.24) is 10.3 Å². The van der Waals surface area contributed by atoms with Crippen molar-refractivity contribution in [3.63, 3.8) is 0 Å². The highest BCUT2D eigenvalue weighted by Crippen LogP contribution is 2.38. The molecule has 0 radical (unpaired) electrons. The Labute approximate surface area is 244 Å². The van der Waals surface area contributed by atoms with Crippen molar-refractivity contribution in [2.75, 3.05) is 18.6 Å². The molecule has 212 valence electrons. The van der Waals surface area contributed by atoms with Gasteiger partial charge in [0.05, 0.1) is 25.8 Å². The van der Waals surface area contributed by atoms with Crippen molar-refractivity contribution >= 4 is 34.0 Å². The van der Waals surface area contributed by atoms with E-state index in [0.29, 0.717) is 18.0 Å². The maximum absolute atomic E-state index is 12.4. The van der Waals surface area contributed by atoms with E-state index in [1.54, 1.807) is 30.6 Å². The lowest BCUT2D eigenvalue weighted by atomic mass is 9.84. The van der Waals surface area contributed by atoms with Crippen LogP contribution in [-0.4, -0.2) is 35.6 Å². The first kappa shape index (κ1) is 28.4. The van der Waals surface area contributed by atoms with Crippen molar-refractivity contribution < 1.29 is 19.4 Å². The number of nitrogens with zero attached hydrogens (tertiary/aromatic N) is 2. The van der Waals surface area contributed by atoms with Gasteiger partial charge in [0, 0.05) is 28.7 Å². The van der Waals surface area contributed by atoms with Crippen LogP contribution >= 0.6 is 11.3 Å². The average molecular weight is 570 g/mol. The molecule has 1 aliphatic carbocycles. The fourth-order valence-corrected chi connectivity index (χ4v) is 6.17. The van der Waals surface area contributed by atoms with Crippen LogP contribution in [0.1, 0.15) is 65.9 Å². The Hall–Kier alpha value is -4.17. The number of aliphatic carboxylic acids is 1. The number of anilines is 2. The van der Waals surface area contributed by atoms with Crippen molar-refractivity contribution in [2.24, 2.45) is 0 Å². The fraction of sp³-hybridized carbons (Fsp3) is 0.303. The summed E-state index contributed by atoms with van der Waals surface area (Å²) in [5, 5.41) is 14.4. The molecule has 8 heteroatoms. The first-order valence-corrected chi connectivity index (χ1v) is 14.9. The van der Waals surface area contributed by atoms with Crippen LogP contribution in [0.2, 0.25) is 0 Å². The maximum atomic E-state index is 12.4. The third-order valence-electron chi connectivity index (χ3n) is 7.57. The minimum atomic E-state index is -0.941. The second kappa shape index (κ2) is 13.5. The zero-order valence-electron chi connectivity index (χ0n) is 23.2. The van der Waals surface area contributed by atoms with Gasteiger partial charge in [0.1, 0.15) is 5.75 Å². The summed E-state index contributed by atoms with van der Waals surface area (Å²) in [5.41, 5.74) is 5.79. The number of carboxylic acid groups (broad SMARTS) is 1. The summed E-state index contributed by atoms with van der Waals surface area (Å²) in [6.45, 7) is 0.668. The highest BCUT2D eigenvalue weighted by Gasteiger charge is 2.19. The maximum Gasteiger partial charge on any atom is 0.305 e. The molecule has 0 saturated heterocycles. The van der Waals surface area contributed by atoms with Crippen LogP contribution in [0.25, 0.3) is 11.3 Å². The van der Waals surface area contributed by atoms with Gasteiger partial charge in [-0.1, -0.05) is 55.7 Å². The van der Waals surface area contributed by atoms with Crippen molar-refractivity contribution in [1.29, 1.82) is 0 Å². The number of hydrogen-bond donors (Lipinski definition) is 2. The molecule has 4 aromatic rings. The number of methoxy groups -OCH3 is 1. The fourth-order valence-electron chi connectivity index (χ4n) is 5.33. The summed E-state index contributed by atoms with van der Waals surface area (Å²) < 4.78 is 5.58. The predicted molar refractivity (Wildman–Crippen MR) is 163 cm³/mol. The van der Waals surface area contributed by atoms with E-state index in [0.717, 1.165) is 33.4 Å². The van der Waals surface area contributed by atoms with E-state index < -0.39 is 5.97 Å². The van der Waals surface area contributed by atoms with Crippen LogP contribution in [0.4, 0.5) is 10.8 Å². The summed E-state index contributed by atoms with van der Waals surface area (Å²) >= 11 is 1.58. The molecule has 7 nitrogen and oxygen atoms in total. The third kappa shape index (κ3) is 7.13. The lowest BCUT2D eigenvalue weighted by molar-refractivity contribution is -0.136. The monoisotopic (exact) mass is 569 g/mol. The van der Waals surface area contributed by atoms with Gasteiger partial charge < -0.3 is 20.1 Å². The van der Waals surface area contributed by atoms with Crippen LogP contribution in [0, 0.1) is 0 Å². The molecule has 41 heavy (non-hydrogen) atoms. The number of aromatic nitrogens is 1. The van der Waals surface area contributed by atoms with Gasteiger partial charge in [0.25, 0.3) is 5.91 Å². The molecule has 1 aliphatic rings. The van der Waals surface area contributed by atoms with Crippen LogP contribution in [0.5, 0.6) is 5.75 Å². The van der Waals surface area contributed by atoms with Gasteiger partial charge in [-0.25, -0.2) is 4.98 Å². The lowest BCUT2D eigenvalue weighted by Gasteiger charge is -2.25. The Kier molecular flexibility index (Phi) is 9.31. The number of ether oxygens (including phenoxy) is 1. The zero-order valence-corrected chi connectivity index (χ0v) is 24.0. The standard InChI is InChI=1S/C33H35N3O4S/c1-40-30-10-6-5-9-28(30)29-22-41-33(35-29)36(27-17-15-25(16-18-27)24-7-3-2-4-8-24)21-23-11-13-26(14-12-23)32(39)34-20-19-31(37)38/h5-6,9-18,22,24H,2-4,7-8,19-21H2,1H3,(H,34,39)(H,37,38). The quantitative estimate of drug-likeness (QED) is 0.195. The van der Waals surface area contributed by atoms with Gasteiger partial charge in [-0.2, -0.15) is 0 Å². The van der Waals surface area contributed by atoms with E-state index in [1.165, 1.54) is 37.7 Å². The van der Waals surface area contributed by atoms with Gasteiger partial charge in [-0.15, -0.1) is 11.3 Å². The smallest absolute Gasteiger partial charge is 0.305 e. The number of nitrogens with one attached hydrogen (secondary N) is 1. The molecular formula is C33H35N3O4S. The first-order valence-electron chi connectivity index (χ1n) is 14.1. The Morgan fingerprint density at radius 3 is 2.44 bits per heavy atom. The first-order chi connectivity index (χ1) is 20.0. The molecule has 0 atom stereocenters. The molecule has 3 aromatic carbocycles. The van der Waals surface area contributed by atoms with E-state index >= 15 is 0 Å². The molecule has 0 aliphatic heterocycles. The van der Waals surface area contributed by atoms with Crippen molar-refractivity contribution in [3.05, 3.63) is 94.9 Å². The van der Waals surface area contributed by atoms with Crippen LogP contribution in [0.15, 0.2) is 78.2 Å². The average Bonchev–Trinajstić information content (AvgIpc) is 3.50. The third-order valence-corrected chi connectivity index (χ3v) is 8.43. The number of rotatable bonds is 11. The normalized spacial score (nSPS) is 13.5. The Bertz CT molecular complexity index is 1460. The van der Waals surface area contributed by atoms with Gasteiger partial charge in [0.2, 0.25) is 0 Å². The van der Waals surface area contributed by atoms with E-state index in [9.17, 15) is 9.59 Å². The molecule has 1 saturated carbocycles. The number of para-hydroxylation sites is 1. The van der Waals surface area contributed by atoms with E-state index in [-0.39, 0.29) is 18.9 Å². The number of carbonyl (C=O) groups is 2. The van der Waals surface area contributed by atoms with Crippen molar-refractivity contribution in [3.8, 4) is 17.0 Å². The van der Waals surface area contributed by atoms with E-state index in [4.69, 9.17) is 14.8 Å².